The Morgan fingerprint density at radius 1 is 0.710 bits per heavy atom. The third kappa shape index (κ3) is 9.35. The van der Waals surface area contributed by atoms with Crippen molar-refractivity contribution in [3.8, 4) is 33.6 Å². The number of hydrogen-bond acceptors (Lipinski definition) is 7. The summed E-state index contributed by atoms with van der Waals surface area (Å²) in [5, 5.41) is 2.51. The number of carbonyl (C=O) groups is 3. The number of benzene rings is 4. The standard InChI is InChI=1S/C50H56N8O4/c1-4-56(5-2)46(39-16-10-7-11-17-39)49(60)58-29-13-19-44(58)48-53-33-42(55-48)38-26-22-36(23-27-38)35-20-24-37(25-21-35)41-32-52-47(54-41)43-18-12-28-57(43)45(59)31-40(62-50(61)51-3)30-34-14-8-6-9-15-34/h6-11,14-17,20-27,32-33,40,43-44,46H,4-5,12-13,18-19,28-31H2,1-3H3,(H,51,61)(H,52,54)(H,53,55)/t40-,43-,44-,46+/m0/s1. The molecule has 4 heterocycles. The second-order valence-corrected chi connectivity index (χ2v) is 16.2. The van der Waals surface area contributed by atoms with E-state index in [9.17, 15) is 14.4 Å². The molecule has 0 aliphatic carbocycles. The minimum atomic E-state index is -0.589. The van der Waals surface area contributed by atoms with Crippen molar-refractivity contribution >= 4 is 17.9 Å². The number of carbonyl (C=O) groups excluding carboxylic acids is 3. The number of likely N-dealkylation sites (N-methyl/N-ethyl adjacent to an activating group) is 1. The Morgan fingerprint density at radius 2 is 1.21 bits per heavy atom. The Hall–Kier alpha value is -6.53. The third-order valence-electron chi connectivity index (χ3n) is 12.4. The number of nitrogens with zero attached hydrogens (tertiary/aromatic N) is 5. The predicted molar refractivity (Wildman–Crippen MR) is 241 cm³/mol. The molecule has 12 heteroatoms. The largest absolute Gasteiger partial charge is 0.445 e. The fourth-order valence-corrected chi connectivity index (χ4v) is 9.10. The van der Waals surface area contributed by atoms with Gasteiger partial charge in [0.25, 0.3) is 0 Å². The Morgan fingerprint density at radius 3 is 1.74 bits per heavy atom. The minimum absolute atomic E-state index is 0.0609. The summed E-state index contributed by atoms with van der Waals surface area (Å²) in [6.07, 6.45) is 6.60. The van der Waals surface area contributed by atoms with E-state index >= 15 is 0 Å². The zero-order valence-corrected chi connectivity index (χ0v) is 35.8. The van der Waals surface area contributed by atoms with Gasteiger partial charge < -0.3 is 29.8 Å². The summed E-state index contributed by atoms with van der Waals surface area (Å²) < 4.78 is 5.62. The molecule has 320 valence electrons. The first-order chi connectivity index (χ1) is 30.3. The molecule has 62 heavy (non-hydrogen) atoms. The molecule has 4 aromatic carbocycles. The van der Waals surface area contributed by atoms with Crippen molar-refractivity contribution in [2.24, 2.45) is 0 Å². The molecule has 2 aromatic heterocycles. The molecule has 2 fully saturated rings. The van der Waals surface area contributed by atoms with Gasteiger partial charge in [0, 0.05) is 26.6 Å². The van der Waals surface area contributed by atoms with Gasteiger partial charge in [0.1, 0.15) is 23.8 Å². The normalized spacial score (nSPS) is 17.3. The number of hydrogen-bond donors (Lipinski definition) is 3. The van der Waals surface area contributed by atoms with Crippen LogP contribution in [0.4, 0.5) is 4.79 Å². The highest BCUT2D eigenvalue weighted by Gasteiger charge is 2.38. The van der Waals surface area contributed by atoms with Gasteiger partial charge in [0.05, 0.1) is 42.3 Å². The van der Waals surface area contributed by atoms with Gasteiger partial charge in [-0.3, -0.25) is 14.5 Å². The van der Waals surface area contributed by atoms with Gasteiger partial charge >= 0.3 is 6.09 Å². The van der Waals surface area contributed by atoms with Crippen molar-refractivity contribution in [2.45, 2.75) is 76.6 Å². The van der Waals surface area contributed by atoms with Crippen LogP contribution in [0.25, 0.3) is 33.6 Å². The van der Waals surface area contributed by atoms with Crippen LogP contribution in [0.3, 0.4) is 0 Å². The molecular formula is C50H56N8O4. The fourth-order valence-electron chi connectivity index (χ4n) is 9.10. The highest BCUT2D eigenvalue weighted by Crippen LogP contribution is 2.37. The molecule has 0 saturated carbocycles. The van der Waals surface area contributed by atoms with E-state index in [-0.39, 0.29) is 36.4 Å². The van der Waals surface area contributed by atoms with E-state index in [1.807, 2.05) is 70.7 Å². The van der Waals surface area contributed by atoms with E-state index in [1.54, 1.807) is 0 Å². The van der Waals surface area contributed by atoms with E-state index in [0.29, 0.717) is 19.5 Å². The first-order valence-electron chi connectivity index (χ1n) is 22.0. The molecular weight excluding hydrogens is 777 g/mol. The molecule has 3 N–H and O–H groups in total. The highest BCUT2D eigenvalue weighted by atomic mass is 16.6. The van der Waals surface area contributed by atoms with E-state index in [4.69, 9.17) is 14.7 Å². The monoisotopic (exact) mass is 832 g/mol. The summed E-state index contributed by atoms with van der Waals surface area (Å²) in [7, 11) is 1.52. The Balaban J connectivity index is 0.906. The summed E-state index contributed by atoms with van der Waals surface area (Å²) in [5.41, 5.74) is 8.03. The van der Waals surface area contributed by atoms with Crippen LogP contribution in [0.2, 0.25) is 0 Å². The Labute approximate surface area is 363 Å². The van der Waals surface area contributed by atoms with Crippen molar-refractivity contribution in [1.82, 2.24) is 40.0 Å². The summed E-state index contributed by atoms with van der Waals surface area (Å²) in [4.78, 5) is 62.8. The Kier molecular flexibility index (Phi) is 13.2. The van der Waals surface area contributed by atoms with Crippen molar-refractivity contribution in [1.29, 1.82) is 0 Å². The first-order valence-corrected chi connectivity index (χ1v) is 22.0. The maximum absolute atomic E-state index is 14.2. The molecule has 6 aromatic rings. The van der Waals surface area contributed by atoms with Crippen LogP contribution in [-0.4, -0.2) is 91.9 Å². The third-order valence-corrected chi connectivity index (χ3v) is 12.4. The van der Waals surface area contributed by atoms with Crippen molar-refractivity contribution in [3.05, 3.63) is 144 Å². The number of aromatic nitrogens is 4. The molecule has 2 aliphatic rings. The lowest BCUT2D eigenvalue weighted by molar-refractivity contribution is -0.138. The molecule has 0 unspecified atom stereocenters. The van der Waals surface area contributed by atoms with Gasteiger partial charge in [-0.05, 0) is 72.2 Å². The van der Waals surface area contributed by atoms with Crippen LogP contribution in [0.1, 0.15) is 86.9 Å². The van der Waals surface area contributed by atoms with E-state index in [0.717, 1.165) is 95.2 Å². The lowest BCUT2D eigenvalue weighted by Gasteiger charge is -2.34. The van der Waals surface area contributed by atoms with Crippen LogP contribution in [0, 0.1) is 0 Å². The minimum Gasteiger partial charge on any atom is -0.445 e. The van der Waals surface area contributed by atoms with Crippen molar-refractivity contribution < 1.29 is 19.1 Å². The molecule has 8 rings (SSSR count). The average molecular weight is 833 g/mol. The lowest BCUT2D eigenvalue weighted by atomic mass is 10.0. The first kappa shape index (κ1) is 42.2. The maximum atomic E-state index is 14.2. The summed E-state index contributed by atoms with van der Waals surface area (Å²) in [5.74, 6) is 1.65. The highest BCUT2D eigenvalue weighted by molar-refractivity contribution is 5.84. The SMILES string of the molecule is CCN(CC)[C@@H](C(=O)N1CCC[C@H]1c1ncc(-c2ccc(-c3ccc(-c4cnc([C@@H]5CCCN5C(=O)C[C@H](Cc5ccccc5)OC(=O)NC)[nH]4)cc3)cc2)[nH]1)c1ccccc1. The zero-order valence-electron chi connectivity index (χ0n) is 35.8. The molecule has 4 atom stereocenters. The van der Waals surface area contributed by atoms with Gasteiger partial charge in [0.15, 0.2) is 0 Å². The van der Waals surface area contributed by atoms with Gasteiger partial charge in [0.2, 0.25) is 11.8 Å². The van der Waals surface area contributed by atoms with Crippen molar-refractivity contribution in [3.63, 3.8) is 0 Å². The number of imidazole rings is 2. The number of H-pyrrole nitrogens is 2. The predicted octanol–water partition coefficient (Wildman–Crippen LogP) is 8.90. The van der Waals surface area contributed by atoms with Gasteiger partial charge in [-0.1, -0.05) is 123 Å². The zero-order chi connectivity index (χ0) is 43.0. The van der Waals surface area contributed by atoms with Crippen LogP contribution in [0.15, 0.2) is 122 Å². The quantitative estimate of drug-likeness (QED) is 0.0940. The molecule has 0 radical (unpaired) electrons. The molecule has 3 amide bonds. The number of nitrogens with one attached hydrogen (secondary N) is 3. The number of aromatic amines is 2. The number of amides is 3. The summed E-state index contributed by atoms with van der Waals surface area (Å²) in [6, 6.07) is 36.1. The number of ether oxygens (including phenoxy) is 1. The molecule has 2 aliphatic heterocycles. The molecule has 12 nitrogen and oxygen atoms in total. The van der Waals surface area contributed by atoms with Crippen LogP contribution in [-0.2, 0) is 20.7 Å². The second kappa shape index (κ2) is 19.5. The van der Waals surface area contributed by atoms with Gasteiger partial charge in [-0.2, -0.15) is 0 Å². The van der Waals surface area contributed by atoms with Crippen LogP contribution >= 0.6 is 0 Å². The lowest BCUT2D eigenvalue weighted by Crippen LogP contribution is -2.43. The molecule has 0 bridgehead atoms. The number of alkyl carbamates (subject to hydrolysis) is 1. The van der Waals surface area contributed by atoms with E-state index in [2.05, 4.69) is 94.7 Å². The van der Waals surface area contributed by atoms with E-state index < -0.39 is 12.2 Å². The van der Waals surface area contributed by atoms with Crippen LogP contribution < -0.4 is 5.32 Å². The van der Waals surface area contributed by atoms with Gasteiger partial charge in [-0.15, -0.1) is 0 Å². The van der Waals surface area contributed by atoms with Crippen LogP contribution in [0.5, 0.6) is 0 Å². The van der Waals surface area contributed by atoms with Crippen molar-refractivity contribution in [2.75, 3.05) is 33.2 Å². The van der Waals surface area contributed by atoms with E-state index in [1.165, 1.54) is 7.05 Å². The number of likely N-dealkylation sites (tertiary alicyclic amines) is 2. The smallest absolute Gasteiger partial charge is 0.407 e. The molecule has 0 spiro atoms. The summed E-state index contributed by atoms with van der Waals surface area (Å²) in [6.45, 7) is 7.14. The average Bonchev–Trinajstić information content (AvgIpc) is 4.16. The number of rotatable bonds is 15. The fraction of sp³-hybridized carbons (Fsp3) is 0.340. The second-order valence-electron chi connectivity index (χ2n) is 16.2. The Bertz CT molecular complexity index is 2410. The maximum Gasteiger partial charge on any atom is 0.407 e. The van der Waals surface area contributed by atoms with Gasteiger partial charge in [-0.25, -0.2) is 14.8 Å². The summed E-state index contributed by atoms with van der Waals surface area (Å²) >= 11 is 0. The molecule has 2 saturated heterocycles. The topological polar surface area (TPSA) is 140 Å².